The summed E-state index contributed by atoms with van der Waals surface area (Å²) >= 11 is 0. The largest absolute Gasteiger partial charge is 0.346 e. The van der Waals surface area contributed by atoms with E-state index in [1.165, 1.54) is 24.8 Å². The zero-order chi connectivity index (χ0) is 19.9. The Bertz CT molecular complexity index is 1090. The van der Waals surface area contributed by atoms with Crippen LogP contribution in [-0.4, -0.2) is 31.1 Å². The lowest BCUT2D eigenvalue weighted by atomic mass is 9.37. The Balaban J connectivity index is 1.41. The van der Waals surface area contributed by atoms with Crippen LogP contribution in [0.2, 0.25) is 0 Å². The van der Waals surface area contributed by atoms with Crippen molar-refractivity contribution < 1.29 is 4.79 Å². The molecular formula is C23H28N4O. The fraction of sp³-hybridized carbons (Fsp3) is 0.478. The number of nitrogens with zero attached hydrogens (tertiary/aromatic N) is 3. The summed E-state index contributed by atoms with van der Waals surface area (Å²) in [4.78, 5) is 17.7. The minimum atomic E-state index is -0.0192. The van der Waals surface area contributed by atoms with Crippen molar-refractivity contribution >= 4 is 16.9 Å². The molecule has 146 valence electrons. The molecule has 3 aliphatic rings. The molecule has 2 bridgehead atoms. The van der Waals surface area contributed by atoms with E-state index in [4.69, 9.17) is 0 Å². The SMILES string of the molecule is Cc1cnc2c(ccn2C(=O)c2cc(C34CC(NC(C)(C)C)(C3)C4)cn2C)c1. The third kappa shape index (κ3) is 2.49. The molecule has 5 heteroatoms. The Labute approximate surface area is 165 Å². The average Bonchev–Trinajstić information content (AvgIpc) is 3.11. The Hall–Kier alpha value is -2.40. The first-order chi connectivity index (χ1) is 13.1. The van der Waals surface area contributed by atoms with Crippen LogP contribution in [0.4, 0.5) is 0 Å². The first-order valence-electron chi connectivity index (χ1n) is 10.0. The van der Waals surface area contributed by atoms with Gasteiger partial charge in [0.05, 0.1) is 0 Å². The van der Waals surface area contributed by atoms with Crippen LogP contribution in [0.5, 0.6) is 0 Å². The molecule has 0 saturated heterocycles. The second kappa shape index (κ2) is 5.35. The number of aryl methyl sites for hydroxylation is 2. The molecule has 6 rings (SSSR count). The second-order valence-electron chi connectivity index (χ2n) is 10.1. The highest BCUT2D eigenvalue weighted by Crippen LogP contribution is 2.68. The number of pyridine rings is 1. The highest BCUT2D eigenvalue weighted by Gasteiger charge is 2.69. The molecule has 3 aromatic rings. The van der Waals surface area contributed by atoms with Crippen LogP contribution in [0.3, 0.4) is 0 Å². The Morgan fingerprint density at radius 3 is 2.61 bits per heavy atom. The van der Waals surface area contributed by atoms with Crippen molar-refractivity contribution in [3.05, 3.63) is 53.6 Å². The fourth-order valence-corrected chi connectivity index (χ4v) is 5.51. The molecule has 0 aliphatic heterocycles. The van der Waals surface area contributed by atoms with E-state index in [-0.39, 0.29) is 16.9 Å². The summed E-state index contributed by atoms with van der Waals surface area (Å²) in [6, 6.07) is 6.12. The molecular weight excluding hydrogens is 348 g/mol. The Morgan fingerprint density at radius 2 is 1.93 bits per heavy atom. The van der Waals surface area contributed by atoms with Crippen molar-refractivity contribution in [2.45, 2.75) is 63.5 Å². The Kier molecular flexibility index (Phi) is 3.38. The molecule has 0 spiro atoms. The van der Waals surface area contributed by atoms with Crippen molar-refractivity contribution in [1.29, 1.82) is 0 Å². The molecule has 0 atom stereocenters. The minimum Gasteiger partial charge on any atom is -0.346 e. The van der Waals surface area contributed by atoms with Crippen LogP contribution in [-0.2, 0) is 12.5 Å². The van der Waals surface area contributed by atoms with E-state index in [0.717, 1.165) is 22.3 Å². The van der Waals surface area contributed by atoms with Crippen LogP contribution in [0.1, 0.15) is 61.6 Å². The van der Waals surface area contributed by atoms with Crippen molar-refractivity contribution in [1.82, 2.24) is 19.4 Å². The molecule has 0 unspecified atom stereocenters. The van der Waals surface area contributed by atoms with Crippen molar-refractivity contribution in [3.8, 4) is 0 Å². The summed E-state index contributed by atoms with van der Waals surface area (Å²) in [5, 5.41) is 4.80. The van der Waals surface area contributed by atoms with Crippen LogP contribution >= 0.6 is 0 Å². The van der Waals surface area contributed by atoms with E-state index in [1.807, 2.05) is 37.0 Å². The summed E-state index contributed by atoms with van der Waals surface area (Å²) in [6.45, 7) is 8.71. The second-order valence-corrected chi connectivity index (χ2v) is 10.1. The highest BCUT2D eigenvalue weighted by molar-refractivity contribution is 6.00. The number of hydrogen-bond donors (Lipinski definition) is 1. The lowest BCUT2D eigenvalue weighted by Crippen LogP contribution is -2.78. The highest BCUT2D eigenvalue weighted by atomic mass is 16.2. The number of carbonyl (C=O) groups excluding carboxylic acids is 1. The molecule has 0 radical (unpaired) electrons. The minimum absolute atomic E-state index is 0.0192. The van der Waals surface area contributed by atoms with Gasteiger partial charge in [-0.25, -0.2) is 4.98 Å². The maximum atomic E-state index is 13.2. The number of hydrogen-bond acceptors (Lipinski definition) is 3. The monoisotopic (exact) mass is 376 g/mol. The summed E-state index contributed by atoms with van der Waals surface area (Å²) in [5.41, 5.74) is 4.54. The Morgan fingerprint density at radius 1 is 1.21 bits per heavy atom. The number of rotatable bonds is 3. The maximum Gasteiger partial charge on any atom is 0.280 e. The molecule has 3 aromatic heterocycles. The first kappa shape index (κ1) is 17.7. The summed E-state index contributed by atoms with van der Waals surface area (Å²) < 4.78 is 3.64. The van der Waals surface area contributed by atoms with Crippen molar-refractivity contribution in [3.63, 3.8) is 0 Å². The van der Waals surface area contributed by atoms with Crippen molar-refractivity contribution in [2.24, 2.45) is 7.05 Å². The lowest BCUT2D eigenvalue weighted by Gasteiger charge is -2.72. The van der Waals surface area contributed by atoms with Gasteiger partial charge in [-0.2, -0.15) is 0 Å². The van der Waals surface area contributed by atoms with E-state index in [0.29, 0.717) is 5.54 Å². The summed E-state index contributed by atoms with van der Waals surface area (Å²) in [5.74, 6) is -0.0192. The smallest absolute Gasteiger partial charge is 0.280 e. The predicted octanol–water partition coefficient (Wildman–Crippen LogP) is 3.93. The average molecular weight is 377 g/mol. The van der Waals surface area contributed by atoms with Gasteiger partial charge in [-0.15, -0.1) is 0 Å². The third-order valence-corrected chi connectivity index (χ3v) is 6.39. The molecule has 3 saturated carbocycles. The summed E-state index contributed by atoms with van der Waals surface area (Å²) in [7, 11) is 1.97. The third-order valence-electron chi connectivity index (χ3n) is 6.39. The lowest BCUT2D eigenvalue weighted by molar-refractivity contribution is -0.102. The van der Waals surface area contributed by atoms with Gasteiger partial charge in [0.1, 0.15) is 11.3 Å². The van der Waals surface area contributed by atoms with Gasteiger partial charge in [-0.05, 0) is 76.3 Å². The van der Waals surface area contributed by atoms with E-state index in [9.17, 15) is 4.79 Å². The van der Waals surface area contributed by atoms with E-state index >= 15 is 0 Å². The zero-order valence-corrected chi connectivity index (χ0v) is 17.3. The normalized spacial score (nSPS) is 26.2. The van der Waals surface area contributed by atoms with Gasteiger partial charge in [-0.3, -0.25) is 9.36 Å². The van der Waals surface area contributed by atoms with Crippen LogP contribution in [0, 0.1) is 6.92 Å². The molecule has 1 N–H and O–H groups in total. The van der Waals surface area contributed by atoms with E-state index < -0.39 is 0 Å². The number of carbonyl (C=O) groups is 1. The van der Waals surface area contributed by atoms with Crippen LogP contribution < -0.4 is 5.32 Å². The topological polar surface area (TPSA) is 51.9 Å². The first-order valence-corrected chi connectivity index (χ1v) is 10.0. The number of aromatic nitrogens is 3. The molecule has 5 nitrogen and oxygen atoms in total. The molecule has 28 heavy (non-hydrogen) atoms. The quantitative estimate of drug-likeness (QED) is 0.753. The molecule has 3 heterocycles. The van der Waals surface area contributed by atoms with Crippen LogP contribution in [0.25, 0.3) is 11.0 Å². The van der Waals surface area contributed by atoms with Gasteiger partial charge in [0.15, 0.2) is 0 Å². The molecule has 0 amide bonds. The maximum absolute atomic E-state index is 13.2. The van der Waals surface area contributed by atoms with Crippen LogP contribution in [0.15, 0.2) is 36.8 Å². The number of nitrogens with one attached hydrogen (secondary N) is 1. The van der Waals surface area contributed by atoms with E-state index in [1.54, 1.807) is 4.57 Å². The summed E-state index contributed by atoms with van der Waals surface area (Å²) in [6.07, 6.45) is 9.30. The fourth-order valence-electron chi connectivity index (χ4n) is 5.51. The molecule has 3 aliphatic carbocycles. The zero-order valence-electron chi connectivity index (χ0n) is 17.3. The van der Waals surface area contributed by atoms with Gasteiger partial charge in [-0.1, -0.05) is 0 Å². The predicted molar refractivity (Wildman–Crippen MR) is 111 cm³/mol. The molecule has 3 fully saturated rings. The van der Waals surface area contributed by atoms with Gasteiger partial charge in [0, 0.05) is 47.5 Å². The van der Waals surface area contributed by atoms with Gasteiger partial charge < -0.3 is 9.88 Å². The van der Waals surface area contributed by atoms with Crippen molar-refractivity contribution in [2.75, 3.05) is 0 Å². The number of fused-ring (bicyclic) bond motifs is 1. The van der Waals surface area contributed by atoms with Gasteiger partial charge >= 0.3 is 0 Å². The molecule has 0 aromatic carbocycles. The standard InChI is InChI=1S/C23H28N4O/c1-15-8-16-6-7-27(19(16)24-10-15)20(28)18-9-17(11-26(18)5)22-12-23(13-22,14-22)25-21(2,3)4/h6-11,25H,12-14H2,1-5H3. The van der Waals surface area contributed by atoms with E-state index in [2.05, 4.69) is 49.4 Å². The van der Waals surface area contributed by atoms with Gasteiger partial charge in [0.2, 0.25) is 0 Å². The van der Waals surface area contributed by atoms with Gasteiger partial charge in [0.25, 0.3) is 5.91 Å².